The Labute approximate surface area is 104 Å². The molecule has 3 aliphatic heterocycles. The molecule has 0 aromatic carbocycles. The molecule has 3 saturated heterocycles. The summed E-state index contributed by atoms with van der Waals surface area (Å²) >= 11 is 0. The Bertz CT molecular complexity index is 289. The van der Waals surface area contributed by atoms with Crippen molar-refractivity contribution in [1.82, 2.24) is 10.2 Å². The zero-order chi connectivity index (χ0) is 11.3. The van der Waals surface area contributed by atoms with Crippen LogP contribution in [0.3, 0.4) is 0 Å². The lowest BCUT2D eigenvalue weighted by atomic mass is 9.92. The molecule has 0 aromatic rings. The number of fused-ring (bicyclic) bond motifs is 2. The highest BCUT2D eigenvalue weighted by Gasteiger charge is 2.54. The van der Waals surface area contributed by atoms with Gasteiger partial charge in [0.2, 0.25) is 0 Å². The van der Waals surface area contributed by atoms with Crippen LogP contribution in [0.2, 0.25) is 0 Å². The van der Waals surface area contributed by atoms with Gasteiger partial charge in [0.15, 0.2) is 0 Å². The van der Waals surface area contributed by atoms with E-state index in [1.807, 2.05) is 0 Å². The van der Waals surface area contributed by atoms with Crippen molar-refractivity contribution in [3.63, 3.8) is 0 Å². The minimum atomic E-state index is 0.566. The van der Waals surface area contributed by atoms with Crippen LogP contribution in [0, 0.1) is 11.3 Å². The molecular weight excluding hydrogens is 212 g/mol. The standard InChI is InChI=1S/C14H24N2O/c1-2-13-10-16(9-12(1)17-13)8-11-7-14(11)3-5-15-6-4-14/h11-13,15H,1-10H2. The minimum Gasteiger partial charge on any atom is -0.372 e. The highest BCUT2D eigenvalue weighted by molar-refractivity contribution is 5.05. The van der Waals surface area contributed by atoms with Gasteiger partial charge in [0.1, 0.15) is 0 Å². The molecule has 1 aliphatic carbocycles. The lowest BCUT2D eigenvalue weighted by Crippen LogP contribution is -2.44. The van der Waals surface area contributed by atoms with Gasteiger partial charge in [-0.25, -0.2) is 0 Å². The Kier molecular flexibility index (Phi) is 2.50. The van der Waals surface area contributed by atoms with Crippen LogP contribution in [0.5, 0.6) is 0 Å². The minimum absolute atomic E-state index is 0.566. The molecule has 2 bridgehead atoms. The van der Waals surface area contributed by atoms with Gasteiger partial charge in [0, 0.05) is 19.6 Å². The molecule has 0 radical (unpaired) electrons. The molecule has 96 valence electrons. The first-order chi connectivity index (χ1) is 8.34. The van der Waals surface area contributed by atoms with E-state index in [0.29, 0.717) is 12.2 Å². The highest BCUT2D eigenvalue weighted by atomic mass is 16.5. The Morgan fingerprint density at radius 1 is 1.12 bits per heavy atom. The van der Waals surface area contributed by atoms with E-state index in [0.717, 1.165) is 11.3 Å². The smallest absolute Gasteiger partial charge is 0.0707 e. The van der Waals surface area contributed by atoms with Gasteiger partial charge in [-0.05, 0) is 56.5 Å². The van der Waals surface area contributed by atoms with Crippen molar-refractivity contribution >= 4 is 0 Å². The number of ether oxygens (including phenoxy) is 1. The zero-order valence-corrected chi connectivity index (χ0v) is 10.7. The molecule has 1 spiro atoms. The summed E-state index contributed by atoms with van der Waals surface area (Å²) < 4.78 is 5.91. The van der Waals surface area contributed by atoms with E-state index >= 15 is 0 Å². The molecule has 0 aromatic heterocycles. The summed E-state index contributed by atoms with van der Waals surface area (Å²) in [4.78, 5) is 2.70. The van der Waals surface area contributed by atoms with Crippen LogP contribution in [-0.2, 0) is 4.74 Å². The van der Waals surface area contributed by atoms with E-state index in [9.17, 15) is 0 Å². The third-order valence-corrected chi connectivity index (χ3v) is 5.56. The first-order valence-electron chi connectivity index (χ1n) is 7.43. The Balaban J connectivity index is 1.33. The van der Waals surface area contributed by atoms with Gasteiger partial charge in [-0.3, -0.25) is 4.90 Å². The number of hydrogen-bond donors (Lipinski definition) is 1. The van der Waals surface area contributed by atoms with Gasteiger partial charge in [0.25, 0.3) is 0 Å². The van der Waals surface area contributed by atoms with Crippen LogP contribution in [0.15, 0.2) is 0 Å². The molecule has 3 nitrogen and oxygen atoms in total. The number of likely N-dealkylation sites (tertiary alicyclic amines) is 1. The number of piperidine rings is 1. The maximum atomic E-state index is 5.91. The van der Waals surface area contributed by atoms with Crippen molar-refractivity contribution in [3.8, 4) is 0 Å². The van der Waals surface area contributed by atoms with Crippen LogP contribution >= 0.6 is 0 Å². The first-order valence-corrected chi connectivity index (χ1v) is 7.43. The number of rotatable bonds is 2. The van der Waals surface area contributed by atoms with E-state index in [1.54, 1.807) is 0 Å². The molecule has 1 N–H and O–H groups in total. The van der Waals surface area contributed by atoms with Crippen molar-refractivity contribution in [2.24, 2.45) is 11.3 Å². The third-order valence-electron chi connectivity index (χ3n) is 5.56. The molecule has 0 amide bonds. The fourth-order valence-corrected chi connectivity index (χ4v) is 4.39. The van der Waals surface area contributed by atoms with Gasteiger partial charge >= 0.3 is 0 Å². The molecule has 3 heterocycles. The fraction of sp³-hybridized carbons (Fsp3) is 1.00. The second-order valence-electron chi connectivity index (χ2n) is 6.69. The number of morpholine rings is 1. The maximum absolute atomic E-state index is 5.91. The van der Waals surface area contributed by atoms with E-state index < -0.39 is 0 Å². The quantitative estimate of drug-likeness (QED) is 0.781. The van der Waals surface area contributed by atoms with Gasteiger partial charge in [-0.15, -0.1) is 0 Å². The molecule has 17 heavy (non-hydrogen) atoms. The average Bonchev–Trinajstić information content (AvgIpc) is 2.85. The summed E-state index contributed by atoms with van der Waals surface area (Å²) in [6.45, 7) is 6.29. The third kappa shape index (κ3) is 1.92. The van der Waals surface area contributed by atoms with Crippen LogP contribution in [0.4, 0.5) is 0 Å². The fourth-order valence-electron chi connectivity index (χ4n) is 4.39. The van der Waals surface area contributed by atoms with Gasteiger partial charge in [-0.2, -0.15) is 0 Å². The van der Waals surface area contributed by atoms with Crippen molar-refractivity contribution < 1.29 is 4.74 Å². The number of hydrogen-bond acceptors (Lipinski definition) is 3. The molecule has 1 saturated carbocycles. The topological polar surface area (TPSA) is 24.5 Å². The summed E-state index contributed by atoms with van der Waals surface area (Å²) in [6.07, 6.45) is 8.10. The van der Waals surface area contributed by atoms with E-state index in [-0.39, 0.29) is 0 Å². The summed E-state index contributed by atoms with van der Waals surface area (Å²) in [5, 5.41) is 3.50. The van der Waals surface area contributed by atoms with Crippen LogP contribution in [0.25, 0.3) is 0 Å². The van der Waals surface area contributed by atoms with Gasteiger partial charge in [-0.1, -0.05) is 0 Å². The summed E-state index contributed by atoms with van der Waals surface area (Å²) in [5.74, 6) is 1.00. The Morgan fingerprint density at radius 2 is 1.82 bits per heavy atom. The maximum Gasteiger partial charge on any atom is 0.0707 e. The predicted octanol–water partition coefficient (Wildman–Crippen LogP) is 1.24. The van der Waals surface area contributed by atoms with Crippen molar-refractivity contribution in [3.05, 3.63) is 0 Å². The molecule has 3 heteroatoms. The SMILES string of the molecule is C1CC2(CCN1)CC2CN1CC2CCC(C1)O2. The molecule has 4 rings (SSSR count). The Morgan fingerprint density at radius 3 is 2.53 bits per heavy atom. The largest absolute Gasteiger partial charge is 0.372 e. The van der Waals surface area contributed by atoms with Crippen LogP contribution in [0.1, 0.15) is 32.1 Å². The van der Waals surface area contributed by atoms with Crippen LogP contribution in [-0.4, -0.2) is 49.8 Å². The van der Waals surface area contributed by atoms with Gasteiger partial charge < -0.3 is 10.1 Å². The normalized spacial score (nSPS) is 44.1. The monoisotopic (exact) mass is 236 g/mol. The lowest BCUT2D eigenvalue weighted by Gasteiger charge is -2.33. The highest BCUT2D eigenvalue weighted by Crippen LogP contribution is 2.58. The molecule has 3 atom stereocenters. The average molecular weight is 236 g/mol. The van der Waals surface area contributed by atoms with Crippen molar-refractivity contribution in [2.75, 3.05) is 32.7 Å². The predicted molar refractivity (Wildman–Crippen MR) is 67.0 cm³/mol. The molecule has 3 unspecified atom stereocenters. The van der Waals surface area contributed by atoms with Crippen molar-refractivity contribution in [1.29, 1.82) is 0 Å². The zero-order valence-electron chi connectivity index (χ0n) is 10.7. The Hall–Kier alpha value is -0.120. The lowest BCUT2D eigenvalue weighted by molar-refractivity contribution is -0.0407. The second-order valence-corrected chi connectivity index (χ2v) is 6.69. The van der Waals surface area contributed by atoms with E-state index in [1.165, 1.54) is 64.8 Å². The second kappa shape index (κ2) is 3.94. The summed E-state index contributed by atoms with van der Waals surface area (Å²) in [6, 6.07) is 0. The van der Waals surface area contributed by atoms with E-state index in [4.69, 9.17) is 4.74 Å². The summed E-state index contributed by atoms with van der Waals surface area (Å²) in [5.41, 5.74) is 0.753. The number of nitrogens with zero attached hydrogens (tertiary/aromatic N) is 1. The molecular formula is C14H24N2O. The first kappa shape index (κ1) is 10.8. The molecule has 4 aliphatic rings. The van der Waals surface area contributed by atoms with Crippen molar-refractivity contribution in [2.45, 2.75) is 44.3 Å². The summed E-state index contributed by atoms with van der Waals surface area (Å²) in [7, 11) is 0. The number of nitrogens with one attached hydrogen (secondary N) is 1. The molecule has 4 fully saturated rings. The van der Waals surface area contributed by atoms with E-state index in [2.05, 4.69) is 10.2 Å². The van der Waals surface area contributed by atoms with Crippen LogP contribution < -0.4 is 5.32 Å². The van der Waals surface area contributed by atoms with Gasteiger partial charge in [0.05, 0.1) is 12.2 Å².